The number of rotatable bonds is 5. The van der Waals surface area contributed by atoms with Gasteiger partial charge < -0.3 is 5.32 Å². The van der Waals surface area contributed by atoms with E-state index >= 15 is 0 Å². The molecule has 0 saturated heterocycles. The van der Waals surface area contributed by atoms with E-state index in [1.54, 1.807) is 6.33 Å². The average Bonchev–Trinajstić information content (AvgIpc) is 2.54. The van der Waals surface area contributed by atoms with Crippen LogP contribution in [0.25, 0.3) is 0 Å². The van der Waals surface area contributed by atoms with Crippen molar-refractivity contribution in [3.63, 3.8) is 0 Å². The summed E-state index contributed by atoms with van der Waals surface area (Å²) in [6.45, 7) is 6.17. The molecule has 0 spiro atoms. The van der Waals surface area contributed by atoms with Gasteiger partial charge in [0.15, 0.2) is 0 Å². The molecule has 1 rings (SSSR count). The van der Waals surface area contributed by atoms with E-state index in [1.165, 1.54) is 6.42 Å². The van der Waals surface area contributed by atoms with Crippen LogP contribution in [-0.4, -0.2) is 21.8 Å². The van der Waals surface area contributed by atoms with Crippen LogP contribution in [0.5, 0.6) is 0 Å². The number of nitrogens with one attached hydrogen (secondary N) is 1. The molecule has 0 aromatic carbocycles. The zero-order valence-electron chi connectivity index (χ0n) is 8.62. The average molecular weight is 182 g/mol. The maximum atomic E-state index is 4.19. The van der Waals surface area contributed by atoms with Crippen molar-refractivity contribution < 1.29 is 0 Å². The standard InChI is InChI=1S/C9H18N4/c1-4-8(2)6-13-9(5-10-3)11-7-12-13/h7-8,10H,4-6H2,1-3H3. The SMILES string of the molecule is CCC(C)Cn1ncnc1CNC. The molecule has 0 amide bonds. The summed E-state index contributed by atoms with van der Waals surface area (Å²) in [5, 5.41) is 7.27. The lowest BCUT2D eigenvalue weighted by atomic mass is 10.1. The van der Waals surface area contributed by atoms with Gasteiger partial charge in [-0.05, 0) is 13.0 Å². The normalized spacial score (nSPS) is 13.2. The van der Waals surface area contributed by atoms with E-state index < -0.39 is 0 Å². The van der Waals surface area contributed by atoms with Crippen LogP contribution in [0.4, 0.5) is 0 Å². The summed E-state index contributed by atoms with van der Waals surface area (Å²) in [6, 6.07) is 0. The highest BCUT2D eigenvalue weighted by Gasteiger charge is 2.05. The quantitative estimate of drug-likeness (QED) is 0.740. The van der Waals surface area contributed by atoms with Crippen molar-refractivity contribution in [2.24, 2.45) is 5.92 Å². The minimum absolute atomic E-state index is 0.664. The minimum Gasteiger partial charge on any atom is -0.313 e. The molecule has 1 unspecified atom stereocenters. The van der Waals surface area contributed by atoms with Crippen LogP contribution in [-0.2, 0) is 13.1 Å². The second-order valence-electron chi connectivity index (χ2n) is 3.40. The Labute approximate surface area is 79.4 Å². The molecular formula is C9H18N4. The smallest absolute Gasteiger partial charge is 0.140 e. The first kappa shape index (κ1) is 10.2. The molecule has 0 aliphatic heterocycles. The number of hydrogen-bond acceptors (Lipinski definition) is 3. The summed E-state index contributed by atoms with van der Waals surface area (Å²) in [6.07, 6.45) is 2.80. The molecule has 0 fully saturated rings. The molecule has 1 N–H and O–H groups in total. The van der Waals surface area contributed by atoms with Crippen LogP contribution in [0.2, 0.25) is 0 Å². The second kappa shape index (κ2) is 4.97. The molecule has 4 heteroatoms. The zero-order chi connectivity index (χ0) is 9.68. The van der Waals surface area contributed by atoms with E-state index in [2.05, 4.69) is 29.2 Å². The summed E-state index contributed by atoms with van der Waals surface area (Å²) in [5.41, 5.74) is 0. The first-order chi connectivity index (χ1) is 6.27. The Hall–Kier alpha value is -0.900. The Kier molecular flexibility index (Phi) is 3.89. The molecule has 4 nitrogen and oxygen atoms in total. The van der Waals surface area contributed by atoms with E-state index in [0.29, 0.717) is 5.92 Å². The van der Waals surface area contributed by atoms with Crippen LogP contribution in [0, 0.1) is 5.92 Å². The van der Waals surface area contributed by atoms with Crippen molar-refractivity contribution in [1.82, 2.24) is 20.1 Å². The van der Waals surface area contributed by atoms with E-state index in [1.807, 2.05) is 11.7 Å². The fourth-order valence-corrected chi connectivity index (χ4v) is 1.16. The summed E-state index contributed by atoms with van der Waals surface area (Å²) in [5.74, 6) is 1.68. The topological polar surface area (TPSA) is 42.7 Å². The van der Waals surface area contributed by atoms with Crippen LogP contribution in [0.3, 0.4) is 0 Å². The van der Waals surface area contributed by atoms with Gasteiger partial charge in [-0.1, -0.05) is 20.3 Å². The van der Waals surface area contributed by atoms with Gasteiger partial charge in [0.2, 0.25) is 0 Å². The molecule has 0 bridgehead atoms. The summed E-state index contributed by atoms with van der Waals surface area (Å²) in [7, 11) is 1.92. The summed E-state index contributed by atoms with van der Waals surface area (Å²) >= 11 is 0. The van der Waals surface area contributed by atoms with Gasteiger partial charge in [0.25, 0.3) is 0 Å². The van der Waals surface area contributed by atoms with Crippen molar-refractivity contribution in [3.05, 3.63) is 12.2 Å². The van der Waals surface area contributed by atoms with Gasteiger partial charge in [0, 0.05) is 6.54 Å². The Morgan fingerprint density at radius 1 is 1.62 bits per heavy atom. The molecule has 1 aromatic heterocycles. The highest BCUT2D eigenvalue weighted by atomic mass is 15.3. The van der Waals surface area contributed by atoms with Crippen molar-refractivity contribution in [3.8, 4) is 0 Å². The molecule has 0 radical (unpaired) electrons. The van der Waals surface area contributed by atoms with Gasteiger partial charge in [-0.25, -0.2) is 9.67 Å². The predicted molar refractivity (Wildman–Crippen MR) is 52.2 cm³/mol. The van der Waals surface area contributed by atoms with Gasteiger partial charge in [-0.15, -0.1) is 0 Å². The lowest BCUT2D eigenvalue weighted by molar-refractivity contribution is 0.423. The van der Waals surface area contributed by atoms with E-state index in [9.17, 15) is 0 Å². The Morgan fingerprint density at radius 3 is 3.00 bits per heavy atom. The Balaban J connectivity index is 2.59. The molecule has 0 saturated carbocycles. The Bertz CT molecular complexity index is 244. The third-order valence-electron chi connectivity index (χ3n) is 2.21. The maximum absolute atomic E-state index is 4.19. The first-order valence-corrected chi connectivity index (χ1v) is 4.79. The number of hydrogen-bond donors (Lipinski definition) is 1. The number of aromatic nitrogens is 3. The molecule has 13 heavy (non-hydrogen) atoms. The van der Waals surface area contributed by atoms with Crippen LogP contribution in [0.1, 0.15) is 26.1 Å². The van der Waals surface area contributed by atoms with E-state index in [0.717, 1.165) is 18.9 Å². The predicted octanol–water partition coefficient (Wildman–Crippen LogP) is 1.04. The maximum Gasteiger partial charge on any atom is 0.140 e. The van der Waals surface area contributed by atoms with Gasteiger partial charge in [-0.3, -0.25) is 0 Å². The zero-order valence-corrected chi connectivity index (χ0v) is 8.62. The molecular weight excluding hydrogens is 164 g/mol. The summed E-state index contributed by atoms with van der Waals surface area (Å²) in [4.78, 5) is 4.18. The van der Waals surface area contributed by atoms with Crippen LogP contribution >= 0.6 is 0 Å². The monoisotopic (exact) mass is 182 g/mol. The van der Waals surface area contributed by atoms with Crippen LogP contribution in [0.15, 0.2) is 6.33 Å². The highest BCUT2D eigenvalue weighted by Crippen LogP contribution is 2.05. The van der Waals surface area contributed by atoms with Gasteiger partial charge >= 0.3 is 0 Å². The fourth-order valence-electron chi connectivity index (χ4n) is 1.16. The summed E-state index contributed by atoms with van der Waals surface area (Å²) < 4.78 is 1.98. The molecule has 0 aliphatic carbocycles. The number of nitrogens with zero attached hydrogens (tertiary/aromatic N) is 3. The fraction of sp³-hybridized carbons (Fsp3) is 0.778. The van der Waals surface area contributed by atoms with Gasteiger partial charge in [0.1, 0.15) is 12.2 Å². The molecule has 1 atom stereocenters. The largest absolute Gasteiger partial charge is 0.313 e. The lowest BCUT2D eigenvalue weighted by Gasteiger charge is -2.10. The Morgan fingerprint density at radius 2 is 2.38 bits per heavy atom. The molecule has 74 valence electrons. The van der Waals surface area contributed by atoms with Crippen molar-refractivity contribution in [1.29, 1.82) is 0 Å². The first-order valence-electron chi connectivity index (χ1n) is 4.79. The third-order valence-corrected chi connectivity index (χ3v) is 2.21. The molecule has 1 aromatic rings. The van der Waals surface area contributed by atoms with E-state index in [4.69, 9.17) is 0 Å². The van der Waals surface area contributed by atoms with Crippen molar-refractivity contribution >= 4 is 0 Å². The highest BCUT2D eigenvalue weighted by molar-refractivity contribution is 4.83. The van der Waals surface area contributed by atoms with Crippen molar-refractivity contribution in [2.45, 2.75) is 33.4 Å². The lowest BCUT2D eigenvalue weighted by Crippen LogP contribution is -2.16. The van der Waals surface area contributed by atoms with E-state index in [-0.39, 0.29) is 0 Å². The van der Waals surface area contributed by atoms with Crippen LogP contribution < -0.4 is 5.32 Å². The molecule has 0 aliphatic rings. The minimum atomic E-state index is 0.664. The van der Waals surface area contributed by atoms with Gasteiger partial charge in [-0.2, -0.15) is 5.10 Å². The van der Waals surface area contributed by atoms with Crippen molar-refractivity contribution in [2.75, 3.05) is 7.05 Å². The molecule has 1 heterocycles. The van der Waals surface area contributed by atoms with Gasteiger partial charge in [0.05, 0.1) is 6.54 Å². The third kappa shape index (κ3) is 2.81. The second-order valence-corrected chi connectivity index (χ2v) is 3.40.